The lowest BCUT2D eigenvalue weighted by Gasteiger charge is -2.16. The Balaban J connectivity index is 2.53. The van der Waals surface area contributed by atoms with Gasteiger partial charge >= 0.3 is 0 Å². The quantitative estimate of drug-likeness (QED) is 0.716. The normalized spacial score (nSPS) is 11.0. The van der Waals surface area contributed by atoms with Gasteiger partial charge in [0.2, 0.25) is 0 Å². The molecule has 0 radical (unpaired) electrons. The standard InChI is InChI=1S/C12H17Cl2N/c1-10-8-11(4-5-12(10)14)9-15(2)7-3-6-13/h4-5,8H,3,6-7,9H2,1-2H3. The van der Waals surface area contributed by atoms with Gasteiger partial charge in [-0.1, -0.05) is 23.7 Å². The van der Waals surface area contributed by atoms with Crippen molar-refractivity contribution < 1.29 is 0 Å². The summed E-state index contributed by atoms with van der Waals surface area (Å²) in [5.41, 5.74) is 2.44. The Labute approximate surface area is 102 Å². The molecule has 0 aliphatic heterocycles. The largest absolute Gasteiger partial charge is 0.302 e. The first-order valence-corrected chi connectivity index (χ1v) is 6.04. The van der Waals surface area contributed by atoms with Crippen LogP contribution < -0.4 is 0 Å². The van der Waals surface area contributed by atoms with Crippen molar-refractivity contribution in [2.24, 2.45) is 0 Å². The molecule has 0 spiro atoms. The topological polar surface area (TPSA) is 3.24 Å². The molecular formula is C12H17Cl2N. The minimum Gasteiger partial charge on any atom is -0.302 e. The second-order valence-corrected chi connectivity index (χ2v) is 4.65. The van der Waals surface area contributed by atoms with Gasteiger partial charge in [-0.15, -0.1) is 11.6 Å². The third-order valence-electron chi connectivity index (χ3n) is 2.35. The summed E-state index contributed by atoms with van der Waals surface area (Å²) in [6, 6.07) is 6.17. The zero-order valence-corrected chi connectivity index (χ0v) is 10.8. The van der Waals surface area contributed by atoms with E-state index in [1.54, 1.807) is 0 Å². The van der Waals surface area contributed by atoms with E-state index in [0.717, 1.165) is 36.0 Å². The molecule has 1 nitrogen and oxygen atoms in total. The number of rotatable bonds is 5. The average Bonchev–Trinajstić information content (AvgIpc) is 2.20. The van der Waals surface area contributed by atoms with Crippen molar-refractivity contribution in [1.29, 1.82) is 0 Å². The Hall–Kier alpha value is -0.240. The minimum atomic E-state index is 0.726. The molecule has 0 bridgehead atoms. The molecule has 1 aromatic carbocycles. The van der Waals surface area contributed by atoms with Gasteiger partial charge in [0.15, 0.2) is 0 Å². The number of aryl methyl sites for hydroxylation is 1. The number of benzene rings is 1. The summed E-state index contributed by atoms with van der Waals surface area (Å²) in [7, 11) is 2.11. The molecule has 1 rings (SSSR count). The van der Waals surface area contributed by atoms with Gasteiger partial charge in [0, 0.05) is 17.4 Å². The number of halogens is 2. The van der Waals surface area contributed by atoms with E-state index in [1.165, 1.54) is 5.56 Å². The molecule has 0 aliphatic rings. The number of nitrogens with zero attached hydrogens (tertiary/aromatic N) is 1. The van der Waals surface area contributed by atoms with Crippen molar-refractivity contribution in [3.05, 3.63) is 34.3 Å². The van der Waals surface area contributed by atoms with E-state index in [0.29, 0.717) is 0 Å². The van der Waals surface area contributed by atoms with Crippen molar-refractivity contribution in [2.45, 2.75) is 19.9 Å². The second-order valence-electron chi connectivity index (χ2n) is 3.86. The highest BCUT2D eigenvalue weighted by atomic mass is 35.5. The van der Waals surface area contributed by atoms with Crippen molar-refractivity contribution in [2.75, 3.05) is 19.5 Å². The summed E-state index contributed by atoms with van der Waals surface area (Å²) in [5, 5.41) is 0.835. The van der Waals surface area contributed by atoms with E-state index in [-0.39, 0.29) is 0 Å². The van der Waals surface area contributed by atoms with E-state index in [1.807, 2.05) is 13.0 Å². The molecule has 0 unspecified atom stereocenters. The fraction of sp³-hybridized carbons (Fsp3) is 0.500. The fourth-order valence-electron chi connectivity index (χ4n) is 1.53. The molecule has 84 valence electrons. The lowest BCUT2D eigenvalue weighted by Crippen LogP contribution is -2.19. The summed E-state index contributed by atoms with van der Waals surface area (Å²) in [6.07, 6.45) is 1.03. The van der Waals surface area contributed by atoms with Crippen LogP contribution in [0.15, 0.2) is 18.2 Å². The summed E-state index contributed by atoms with van der Waals surface area (Å²) in [6.45, 7) is 4.02. The molecule has 0 saturated carbocycles. The molecule has 15 heavy (non-hydrogen) atoms. The van der Waals surface area contributed by atoms with Crippen LogP contribution in [0.25, 0.3) is 0 Å². The zero-order valence-electron chi connectivity index (χ0n) is 9.26. The van der Waals surface area contributed by atoms with Gasteiger partial charge in [-0.2, -0.15) is 0 Å². The molecule has 0 aromatic heterocycles. The lowest BCUT2D eigenvalue weighted by molar-refractivity contribution is 0.328. The van der Waals surface area contributed by atoms with Crippen LogP contribution in [0.5, 0.6) is 0 Å². The van der Waals surface area contributed by atoms with Gasteiger partial charge in [0.1, 0.15) is 0 Å². The Kier molecular flexibility index (Phi) is 5.44. The molecule has 0 atom stereocenters. The summed E-state index contributed by atoms with van der Waals surface area (Å²) < 4.78 is 0. The van der Waals surface area contributed by atoms with Crippen molar-refractivity contribution in [1.82, 2.24) is 4.90 Å². The van der Waals surface area contributed by atoms with Gasteiger partial charge in [-0.25, -0.2) is 0 Å². The molecular weight excluding hydrogens is 229 g/mol. The van der Waals surface area contributed by atoms with Crippen LogP contribution >= 0.6 is 23.2 Å². The number of hydrogen-bond donors (Lipinski definition) is 0. The number of alkyl halides is 1. The van der Waals surface area contributed by atoms with E-state index in [9.17, 15) is 0 Å². The first-order chi connectivity index (χ1) is 7.13. The van der Waals surface area contributed by atoms with Crippen LogP contribution in [-0.4, -0.2) is 24.4 Å². The number of hydrogen-bond acceptors (Lipinski definition) is 1. The van der Waals surface area contributed by atoms with Gasteiger partial charge in [0.05, 0.1) is 0 Å². The van der Waals surface area contributed by atoms with Gasteiger partial charge in [-0.05, 0) is 44.1 Å². The monoisotopic (exact) mass is 245 g/mol. The maximum atomic E-state index is 5.97. The fourth-order valence-corrected chi connectivity index (χ4v) is 1.76. The molecule has 0 N–H and O–H groups in total. The predicted octanol–water partition coefficient (Wildman–Crippen LogP) is 3.71. The van der Waals surface area contributed by atoms with Crippen LogP contribution in [0.1, 0.15) is 17.5 Å². The molecule has 0 saturated heterocycles. The average molecular weight is 246 g/mol. The summed E-state index contributed by atoms with van der Waals surface area (Å²) in [4.78, 5) is 2.27. The molecule has 3 heteroatoms. The van der Waals surface area contributed by atoms with Gasteiger partial charge in [0.25, 0.3) is 0 Å². The van der Waals surface area contributed by atoms with E-state index >= 15 is 0 Å². The smallest absolute Gasteiger partial charge is 0.0435 e. The third kappa shape index (κ3) is 4.42. The summed E-state index contributed by atoms with van der Waals surface area (Å²) in [5.74, 6) is 0.726. The highest BCUT2D eigenvalue weighted by Gasteiger charge is 2.01. The van der Waals surface area contributed by atoms with Crippen LogP contribution in [0.4, 0.5) is 0 Å². The second kappa shape index (κ2) is 6.37. The molecule has 0 heterocycles. The van der Waals surface area contributed by atoms with E-state index in [2.05, 4.69) is 24.1 Å². The minimum absolute atomic E-state index is 0.726. The van der Waals surface area contributed by atoms with Crippen molar-refractivity contribution in [3.63, 3.8) is 0 Å². The summed E-state index contributed by atoms with van der Waals surface area (Å²) >= 11 is 11.6. The Morgan fingerprint density at radius 3 is 2.67 bits per heavy atom. The molecule has 0 aliphatic carbocycles. The first kappa shape index (κ1) is 12.8. The van der Waals surface area contributed by atoms with Crippen LogP contribution in [0.3, 0.4) is 0 Å². The van der Waals surface area contributed by atoms with Crippen LogP contribution in [0.2, 0.25) is 5.02 Å². The molecule has 0 amide bonds. The highest BCUT2D eigenvalue weighted by molar-refractivity contribution is 6.31. The molecule has 0 fully saturated rings. The van der Waals surface area contributed by atoms with Crippen molar-refractivity contribution in [3.8, 4) is 0 Å². The third-order valence-corrected chi connectivity index (χ3v) is 3.04. The Morgan fingerprint density at radius 1 is 1.33 bits per heavy atom. The highest BCUT2D eigenvalue weighted by Crippen LogP contribution is 2.17. The maximum Gasteiger partial charge on any atom is 0.0435 e. The Bertz CT molecular complexity index is 312. The zero-order chi connectivity index (χ0) is 11.3. The van der Waals surface area contributed by atoms with Gasteiger partial charge in [-0.3, -0.25) is 0 Å². The van der Waals surface area contributed by atoms with Crippen molar-refractivity contribution >= 4 is 23.2 Å². The first-order valence-electron chi connectivity index (χ1n) is 5.13. The van der Waals surface area contributed by atoms with Crippen LogP contribution in [0, 0.1) is 6.92 Å². The molecule has 1 aromatic rings. The van der Waals surface area contributed by atoms with E-state index < -0.39 is 0 Å². The van der Waals surface area contributed by atoms with Crippen LogP contribution in [-0.2, 0) is 6.54 Å². The van der Waals surface area contributed by atoms with Gasteiger partial charge < -0.3 is 4.90 Å². The Morgan fingerprint density at radius 2 is 2.07 bits per heavy atom. The maximum absolute atomic E-state index is 5.97. The lowest BCUT2D eigenvalue weighted by atomic mass is 10.1. The SMILES string of the molecule is Cc1cc(CN(C)CCCCl)ccc1Cl. The van der Waals surface area contributed by atoms with E-state index in [4.69, 9.17) is 23.2 Å². The predicted molar refractivity (Wildman–Crippen MR) is 67.9 cm³/mol.